The molecule has 0 saturated heterocycles. The number of nitrogens with two attached hydrogens (primary N) is 1. The Morgan fingerprint density at radius 1 is 1.39 bits per heavy atom. The topological polar surface area (TPSA) is 77.8 Å². The molecule has 2 rings (SSSR count). The highest BCUT2D eigenvalue weighted by molar-refractivity contribution is 7.10. The number of nitrogens with zero attached hydrogens (tertiary/aromatic N) is 3. The zero-order chi connectivity index (χ0) is 13.3. The van der Waals surface area contributed by atoms with Crippen molar-refractivity contribution in [3.05, 3.63) is 16.2 Å². The van der Waals surface area contributed by atoms with Crippen molar-refractivity contribution in [1.82, 2.24) is 15.1 Å². The summed E-state index contributed by atoms with van der Waals surface area (Å²) in [4.78, 5) is 8.75. The second-order valence-corrected chi connectivity index (χ2v) is 6.50. The molecule has 0 amide bonds. The standard InChI is InChI=1S/C12H18N4OS/c1-7(13)11-14-8(6-18-11)10-15-9(16-17-10)5-12(2,3)4/h6-7H,5,13H2,1-4H3. The average molecular weight is 266 g/mol. The molecule has 0 aliphatic carbocycles. The highest BCUT2D eigenvalue weighted by Gasteiger charge is 2.18. The maximum Gasteiger partial charge on any atom is 0.277 e. The highest BCUT2D eigenvalue weighted by Crippen LogP contribution is 2.25. The fraction of sp³-hybridized carbons (Fsp3) is 0.583. The Kier molecular flexibility index (Phi) is 3.49. The number of hydrogen-bond donors (Lipinski definition) is 1. The van der Waals surface area contributed by atoms with E-state index in [-0.39, 0.29) is 11.5 Å². The molecule has 0 aromatic carbocycles. The van der Waals surface area contributed by atoms with Gasteiger partial charge in [-0.2, -0.15) is 4.98 Å². The Labute approximate surface area is 110 Å². The predicted molar refractivity (Wildman–Crippen MR) is 71.2 cm³/mol. The Balaban J connectivity index is 2.18. The van der Waals surface area contributed by atoms with Gasteiger partial charge in [0, 0.05) is 11.8 Å². The fourth-order valence-corrected chi connectivity index (χ4v) is 2.25. The van der Waals surface area contributed by atoms with Crippen molar-refractivity contribution in [3.63, 3.8) is 0 Å². The Morgan fingerprint density at radius 3 is 2.67 bits per heavy atom. The molecule has 2 aromatic rings. The maximum atomic E-state index is 5.77. The molecule has 0 fully saturated rings. The van der Waals surface area contributed by atoms with Crippen LogP contribution in [0.15, 0.2) is 9.90 Å². The minimum absolute atomic E-state index is 0.0688. The van der Waals surface area contributed by atoms with Gasteiger partial charge in [0.1, 0.15) is 10.7 Å². The molecule has 0 saturated carbocycles. The van der Waals surface area contributed by atoms with Crippen LogP contribution in [-0.4, -0.2) is 15.1 Å². The number of hydrogen-bond acceptors (Lipinski definition) is 6. The molecule has 0 aliphatic heterocycles. The van der Waals surface area contributed by atoms with Gasteiger partial charge in [-0.3, -0.25) is 0 Å². The molecule has 1 unspecified atom stereocenters. The first-order valence-corrected chi connectivity index (χ1v) is 6.77. The minimum atomic E-state index is -0.0688. The van der Waals surface area contributed by atoms with Crippen LogP contribution in [0.25, 0.3) is 11.6 Å². The maximum absolute atomic E-state index is 5.77. The summed E-state index contributed by atoms with van der Waals surface area (Å²) >= 11 is 1.51. The monoisotopic (exact) mass is 266 g/mol. The van der Waals surface area contributed by atoms with Crippen molar-refractivity contribution in [2.75, 3.05) is 0 Å². The van der Waals surface area contributed by atoms with Crippen LogP contribution >= 0.6 is 11.3 Å². The molecule has 0 spiro atoms. The van der Waals surface area contributed by atoms with Gasteiger partial charge in [0.25, 0.3) is 5.89 Å². The van der Waals surface area contributed by atoms with E-state index >= 15 is 0 Å². The molecule has 98 valence electrons. The van der Waals surface area contributed by atoms with Crippen molar-refractivity contribution < 1.29 is 4.52 Å². The lowest BCUT2D eigenvalue weighted by Gasteiger charge is -2.14. The van der Waals surface area contributed by atoms with Crippen LogP contribution in [0.1, 0.15) is 44.6 Å². The Hall–Kier alpha value is -1.27. The second-order valence-electron chi connectivity index (χ2n) is 5.61. The molecule has 0 aliphatic rings. The normalized spacial score (nSPS) is 13.8. The zero-order valence-electron chi connectivity index (χ0n) is 11.1. The molecule has 5 nitrogen and oxygen atoms in total. The van der Waals surface area contributed by atoms with Crippen molar-refractivity contribution >= 4 is 11.3 Å². The van der Waals surface area contributed by atoms with Crippen molar-refractivity contribution in [3.8, 4) is 11.6 Å². The third-order valence-electron chi connectivity index (χ3n) is 2.29. The first kappa shape index (κ1) is 13.2. The summed E-state index contributed by atoms with van der Waals surface area (Å²) in [6, 6.07) is -0.0688. The lowest BCUT2D eigenvalue weighted by molar-refractivity contribution is 0.374. The van der Waals surface area contributed by atoms with Gasteiger partial charge in [0.2, 0.25) is 0 Å². The highest BCUT2D eigenvalue weighted by atomic mass is 32.1. The number of thiazole rings is 1. The van der Waals surface area contributed by atoms with E-state index in [1.54, 1.807) is 0 Å². The van der Waals surface area contributed by atoms with Crippen molar-refractivity contribution in [2.24, 2.45) is 11.1 Å². The SMILES string of the molecule is CC(N)c1nc(-c2nc(CC(C)(C)C)no2)cs1. The third-order valence-corrected chi connectivity index (χ3v) is 3.33. The van der Waals surface area contributed by atoms with E-state index in [9.17, 15) is 0 Å². The third kappa shape index (κ3) is 3.14. The van der Waals surface area contributed by atoms with Crippen LogP contribution in [0, 0.1) is 5.41 Å². The van der Waals surface area contributed by atoms with Gasteiger partial charge in [-0.15, -0.1) is 11.3 Å². The van der Waals surface area contributed by atoms with E-state index in [1.165, 1.54) is 11.3 Å². The van der Waals surface area contributed by atoms with Crippen LogP contribution in [0.5, 0.6) is 0 Å². The van der Waals surface area contributed by atoms with Crippen LogP contribution in [-0.2, 0) is 6.42 Å². The molecule has 2 N–H and O–H groups in total. The van der Waals surface area contributed by atoms with Gasteiger partial charge >= 0.3 is 0 Å². The Bertz CT molecular complexity index is 524. The van der Waals surface area contributed by atoms with Gasteiger partial charge in [0.05, 0.1) is 6.04 Å². The van der Waals surface area contributed by atoms with E-state index in [2.05, 4.69) is 35.9 Å². The second kappa shape index (κ2) is 4.78. The van der Waals surface area contributed by atoms with Crippen molar-refractivity contribution in [2.45, 2.75) is 40.2 Å². The van der Waals surface area contributed by atoms with Crippen LogP contribution in [0.3, 0.4) is 0 Å². The van der Waals surface area contributed by atoms with E-state index < -0.39 is 0 Å². The van der Waals surface area contributed by atoms with Gasteiger partial charge in [-0.05, 0) is 12.3 Å². The van der Waals surface area contributed by atoms with Crippen LogP contribution < -0.4 is 5.73 Å². The molecule has 2 aromatic heterocycles. The summed E-state index contributed by atoms with van der Waals surface area (Å²) in [7, 11) is 0. The summed E-state index contributed by atoms with van der Waals surface area (Å²) < 4.78 is 5.23. The molecular weight excluding hydrogens is 248 g/mol. The largest absolute Gasteiger partial charge is 0.332 e. The van der Waals surface area contributed by atoms with E-state index in [1.807, 2.05) is 12.3 Å². The molecular formula is C12H18N4OS. The van der Waals surface area contributed by atoms with E-state index in [0.29, 0.717) is 17.4 Å². The number of aromatic nitrogens is 3. The minimum Gasteiger partial charge on any atom is -0.332 e. The van der Waals surface area contributed by atoms with Gasteiger partial charge in [-0.1, -0.05) is 25.9 Å². The quantitative estimate of drug-likeness (QED) is 0.924. The molecule has 6 heteroatoms. The predicted octanol–water partition coefficient (Wildman–Crippen LogP) is 2.80. The van der Waals surface area contributed by atoms with E-state index in [4.69, 9.17) is 10.3 Å². The summed E-state index contributed by atoms with van der Waals surface area (Å²) in [6.07, 6.45) is 0.779. The lowest BCUT2D eigenvalue weighted by atomic mass is 9.92. The number of rotatable bonds is 3. The molecule has 18 heavy (non-hydrogen) atoms. The van der Waals surface area contributed by atoms with Crippen molar-refractivity contribution in [1.29, 1.82) is 0 Å². The first-order chi connectivity index (χ1) is 8.35. The van der Waals surface area contributed by atoms with Crippen LogP contribution in [0.2, 0.25) is 0 Å². The smallest absolute Gasteiger partial charge is 0.277 e. The average Bonchev–Trinajstić information content (AvgIpc) is 2.81. The molecule has 0 bridgehead atoms. The van der Waals surface area contributed by atoms with E-state index in [0.717, 1.165) is 11.4 Å². The zero-order valence-corrected chi connectivity index (χ0v) is 11.9. The molecule has 1 atom stereocenters. The summed E-state index contributed by atoms with van der Waals surface area (Å²) in [5, 5.41) is 6.75. The van der Waals surface area contributed by atoms with Gasteiger partial charge < -0.3 is 10.3 Å². The lowest BCUT2D eigenvalue weighted by Crippen LogP contribution is -2.10. The summed E-state index contributed by atoms with van der Waals surface area (Å²) in [6.45, 7) is 8.32. The molecule has 0 radical (unpaired) electrons. The molecule has 2 heterocycles. The summed E-state index contributed by atoms with van der Waals surface area (Å²) in [5.41, 5.74) is 6.62. The van der Waals surface area contributed by atoms with Gasteiger partial charge in [0.15, 0.2) is 5.82 Å². The first-order valence-electron chi connectivity index (χ1n) is 5.89. The summed E-state index contributed by atoms with van der Waals surface area (Å²) in [5.74, 6) is 1.19. The fourth-order valence-electron chi connectivity index (χ4n) is 1.50. The van der Waals surface area contributed by atoms with Gasteiger partial charge in [-0.25, -0.2) is 4.98 Å². The Morgan fingerprint density at radius 2 is 2.11 bits per heavy atom. The van der Waals surface area contributed by atoms with Crippen LogP contribution in [0.4, 0.5) is 0 Å².